The average molecular weight is 351 g/mol. The molecule has 2 unspecified atom stereocenters. The minimum atomic E-state index is -2.37. The lowest BCUT2D eigenvalue weighted by Crippen LogP contribution is -2.42. The van der Waals surface area contributed by atoms with Gasteiger partial charge in [-0.05, 0) is 19.8 Å². The van der Waals surface area contributed by atoms with E-state index in [1.165, 1.54) is 25.7 Å². The van der Waals surface area contributed by atoms with Crippen molar-refractivity contribution in [2.45, 2.75) is 63.9 Å². The Bertz CT molecular complexity index is 275. The summed E-state index contributed by atoms with van der Waals surface area (Å²) in [5.74, 6) is 0. The van der Waals surface area contributed by atoms with Crippen LogP contribution in [0.3, 0.4) is 0 Å². The van der Waals surface area contributed by atoms with Crippen LogP contribution in [0.25, 0.3) is 0 Å². The lowest BCUT2D eigenvalue weighted by Gasteiger charge is -2.24. The van der Waals surface area contributed by atoms with Crippen LogP contribution in [0.5, 0.6) is 0 Å². The molecule has 0 aromatic rings. The van der Waals surface area contributed by atoms with Gasteiger partial charge in [-0.2, -0.15) is 0 Å². The Kier molecular flexibility index (Phi) is 11.3. The summed E-state index contributed by atoms with van der Waals surface area (Å²) >= 11 is 0. The summed E-state index contributed by atoms with van der Waals surface area (Å²) in [7, 11) is 2.64. The summed E-state index contributed by atoms with van der Waals surface area (Å²) < 4.78 is 32.5. The van der Waals surface area contributed by atoms with Crippen LogP contribution >= 0.6 is 0 Å². The van der Waals surface area contributed by atoms with Gasteiger partial charge in [-0.15, -0.1) is 0 Å². The Hall–Kier alpha value is -0.0231. The molecule has 1 rings (SSSR count). The highest BCUT2D eigenvalue weighted by Crippen LogP contribution is 2.18. The molecule has 7 heteroatoms. The second-order valence-corrected chi connectivity index (χ2v) is 8.98. The Morgan fingerprint density at radius 2 is 1.48 bits per heavy atom. The van der Waals surface area contributed by atoms with Crippen molar-refractivity contribution in [3.05, 3.63) is 0 Å². The van der Waals surface area contributed by atoms with Crippen LogP contribution in [0.1, 0.15) is 45.4 Å². The van der Waals surface area contributed by atoms with Gasteiger partial charge in [0.25, 0.3) is 0 Å². The van der Waals surface area contributed by atoms with E-state index in [1.54, 1.807) is 21.3 Å². The van der Waals surface area contributed by atoms with Crippen molar-refractivity contribution in [3.8, 4) is 0 Å². The van der Waals surface area contributed by atoms with Crippen molar-refractivity contribution in [2.24, 2.45) is 0 Å². The van der Waals surface area contributed by atoms with Crippen molar-refractivity contribution >= 4 is 8.80 Å². The van der Waals surface area contributed by atoms with Crippen LogP contribution in [0.15, 0.2) is 0 Å². The van der Waals surface area contributed by atoms with E-state index in [-0.39, 0.29) is 6.29 Å². The third-order valence-corrected chi connectivity index (χ3v) is 6.91. The fourth-order valence-corrected chi connectivity index (χ4v) is 4.21. The number of epoxide rings is 1. The maximum absolute atomic E-state index is 5.61. The number of unbranched alkanes of at least 4 members (excludes halogenated alkanes) is 5. The normalized spacial score (nSPS) is 19.0. The highest BCUT2D eigenvalue weighted by atomic mass is 28.4. The minimum absolute atomic E-state index is 0.130. The van der Waals surface area contributed by atoms with E-state index < -0.39 is 8.80 Å². The van der Waals surface area contributed by atoms with Crippen LogP contribution in [0.4, 0.5) is 0 Å². The van der Waals surface area contributed by atoms with Crippen molar-refractivity contribution < 1.29 is 27.5 Å². The molecule has 0 aromatic carbocycles. The summed E-state index contributed by atoms with van der Waals surface area (Å²) in [6, 6.07) is 0.888. The second-order valence-electron chi connectivity index (χ2n) is 5.89. The van der Waals surface area contributed by atoms with Gasteiger partial charge in [-0.1, -0.05) is 25.7 Å². The van der Waals surface area contributed by atoms with E-state index in [9.17, 15) is 0 Å². The van der Waals surface area contributed by atoms with Crippen LogP contribution in [0.2, 0.25) is 6.04 Å². The van der Waals surface area contributed by atoms with E-state index in [0.717, 1.165) is 32.1 Å². The molecule has 0 aromatic heterocycles. The third-order valence-electron chi connectivity index (χ3n) is 4.08. The molecule has 23 heavy (non-hydrogen) atoms. The zero-order valence-corrected chi connectivity index (χ0v) is 16.2. The number of ether oxygens (including phenoxy) is 3. The molecule has 0 bridgehead atoms. The van der Waals surface area contributed by atoms with E-state index in [0.29, 0.717) is 12.7 Å². The highest BCUT2D eigenvalue weighted by molar-refractivity contribution is 6.60. The summed E-state index contributed by atoms with van der Waals surface area (Å²) in [5, 5.41) is 0. The molecule has 0 N–H and O–H groups in total. The molecule has 1 aliphatic rings. The predicted octanol–water partition coefficient (Wildman–Crippen LogP) is 2.98. The van der Waals surface area contributed by atoms with Gasteiger partial charge >= 0.3 is 8.80 Å². The molecule has 2 atom stereocenters. The van der Waals surface area contributed by atoms with Gasteiger partial charge in [0, 0.05) is 34.0 Å². The van der Waals surface area contributed by atoms with Crippen molar-refractivity contribution in [3.63, 3.8) is 0 Å². The Morgan fingerprint density at radius 3 is 2.04 bits per heavy atom. The molecule has 6 nitrogen and oxygen atoms in total. The fraction of sp³-hybridized carbons (Fsp3) is 1.00. The molecule has 138 valence electrons. The topological polar surface area (TPSA) is 58.7 Å². The number of hydrogen-bond donors (Lipinski definition) is 0. The highest BCUT2D eigenvalue weighted by Gasteiger charge is 2.36. The van der Waals surface area contributed by atoms with Gasteiger partial charge in [0.1, 0.15) is 6.10 Å². The first-order valence-corrected chi connectivity index (χ1v) is 10.6. The second kappa shape index (κ2) is 12.4. The summed E-state index contributed by atoms with van der Waals surface area (Å²) in [6.45, 7) is 4.19. The van der Waals surface area contributed by atoms with Crippen LogP contribution in [-0.4, -0.2) is 62.3 Å². The molecular weight excluding hydrogens is 316 g/mol. The average Bonchev–Trinajstić information content (AvgIpc) is 3.40. The lowest BCUT2D eigenvalue weighted by molar-refractivity contribution is -0.133. The first kappa shape index (κ1) is 21.0. The maximum Gasteiger partial charge on any atom is 0.500 e. The van der Waals surface area contributed by atoms with Gasteiger partial charge in [0.05, 0.1) is 13.2 Å². The zero-order chi connectivity index (χ0) is 17.0. The van der Waals surface area contributed by atoms with Gasteiger partial charge in [0.15, 0.2) is 6.29 Å². The maximum atomic E-state index is 5.61. The van der Waals surface area contributed by atoms with E-state index in [2.05, 4.69) is 0 Å². The molecule has 0 amide bonds. The van der Waals surface area contributed by atoms with Crippen molar-refractivity contribution in [1.82, 2.24) is 0 Å². The van der Waals surface area contributed by atoms with E-state index in [1.807, 2.05) is 6.92 Å². The monoisotopic (exact) mass is 350 g/mol. The number of rotatable bonds is 16. The summed E-state index contributed by atoms with van der Waals surface area (Å²) in [5.41, 5.74) is 0. The predicted molar refractivity (Wildman–Crippen MR) is 90.4 cm³/mol. The molecule has 0 saturated carbocycles. The smallest absolute Gasteiger partial charge is 0.377 e. The standard InChI is InChI=1S/C16H34O6Si/c1-15(21-13-16-14-22-16)20-11-9-7-5-6-8-10-12-23(17-2,18-3)19-4/h15-16H,5-14H2,1-4H3. The summed E-state index contributed by atoms with van der Waals surface area (Å²) in [4.78, 5) is 0. The Labute approximate surface area is 142 Å². The minimum Gasteiger partial charge on any atom is -0.377 e. The van der Waals surface area contributed by atoms with Crippen LogP contribution in [0, 0.1) is 0 Å². The lowest BCUT2D eigenvalue weighted by atomic mass is 10.1. The number of hydrogen-bond acceptors (Lipinski definition) is 6. The first-order valence-electron chi connectivity index (χ1n) is 8.66. The van der Waals surface area contributed by atoms with Crippen LogP contribution in [-0.2, 0) is 27.5 Å². The van der Waals surface area contributed by atoms with Gasteiger partial charge < -0.3 is 27.5 Å². The van der Waals surface area contributed by atoms with Gasteiger partial charge in [-0.25, -0.2) is 0 Å². The molecular formula is C16H34O6Si. The van der Waals surface area contributed by atoms with Crippen molar-refractivity contribution in [1.29, 1.82) is 0 Å². The molecule has 0 spiro atoms. The molecule has 1 heterocycles. The van der Waals surface area contributed by atoms with Gasteiger partial charge in [0.2, 0.25) is 0 Å². The molecule has 1 aliphatic heterocycles. The summed E-state index contributed by atoms with van der Waals surface area (Å²) in [6.07, 6.45) is 7.19. The SMILES string of the molecule is CO[Si](CCCCCCCCOC(C)OCC1CO1)(OC)OC. The molecule has 0 aliphatic carbocycles. The first-order chi connectivity index (χ1) is 11.2. The molecule has 1 saturated heterocycles. The van der Waals surface area contributed by atoms with Crippen LogP contribution < -0.4 is 0 Å². The quantitative estimate of drug-likeness (QED) is 0.185. The van der Waals surface area contributed by atoms with Gasteiger partial charge in [-0.3, -0.25) is 0 Å². The van der Waals surface area contributed by atoms with E-state index >= 15 is 0 Å². The van der Waals surface area contributed by atoms with E-state index in [4.69, 9.17) is 27.5 Å². The Morgan fingerprint density at radius 1 is 0.913 bits per heavy atom. The Balaban J connectivity index is 1.85. The fourth-order valence-electron chi connectivity index (χ4n) is 2.41. The zero-order valence-electron chi connectivity index (χ0n) is 15.2. The van der Waals surface area contributed by atoms with Crippen molar-refractivity contribution in [2.75, 3.05) is 41.2 Å². The molecule has 0 radical (unpaired) electrons. The third kappa shape index (κ3) is 9.76. The largest absolute Gasteiger partial charge is 0.500 e. The molecule has 1 fully saturated rings.